The second kappa shape index (κ2) is 6.76. The first kappa shape index (κ1) is 16.5. The van der Waals surface area contributed by atoms with Gasteiger partial charge in [-0.15, -0.1) is 0 Å². The maximum atomic E-state index is 12.3. The molecule has 2 fully saturated rings. The quantitative estimate of drug-likeness (QED) is 0.663. The Morgan fingerprint density at radius 3 is 2.92 bits per heavy atom. The highest BCUT2D eigenvalue weighted by atomic mass is 16.5. The van der Waals surface area contributed by atoms with E-state index in [1.54, 1.807) is 13.3 Å². The molecule has 0 radical (unpaired) electrons. The Labute approximate surface area is 146 Å². The molecule has 0 spiro atoms. The molecule has 8 heteroatoms. The highest BCUT2D eigenvalue weighted by Crippen LogP contribution is 2.50. The second-order valence-electron chi connectivity index (χ2n) is 7.01. The van der Waals surface area contributed by atoms with Crippen LogP contribution in [0.3, 0.4) is 0 Å². The number of imidazole rings is 1. The summed E-state index contributed by atoms with van der Waals surface area (Å²) in [6.45, 7) is 2.90. The smallest absolute Gasteiger partial charge is 0.269 e. The summed E-state index contributed by atoms with van der Waals surface area (Å²) >= 11 is 0. The summed E-state index contributed by atoms with van der Waals surface area (Å²) in [5.41, 5.74) is 0.555. The number of carbonyl (C=O) groups excluding carboxylic acids is 2. The zero-order valence-electron chi connectivity index (χ0n) is 14.4. The molecule has 1 aromatic rings. The first-order valence-electron chi connectivity index (χ1n) is 8.89. The van der Waals surface area contributed by atoms with Gasteiger partial charge in [0.1, 0.15) is 11.5 Å². The van der Waals surface area contributed by atoms with Gasteiger partial charge in [-0.1, -0.05) is 0 Å². The normalized spacial score (nSPS) is 29.2. The maximum absolute atomic E-state index is 12.3. The minimum atomic E-state index is -0.150. The molecule has 0 bridgehead atoms. The van der Waals surface area contributed by atoms with E-state index in [2.05, 4.69) is 15.6 Å². The molecular formula is C17H24N4O4. The number of methoxy groups -OCH3 is 1. The van der Waals surface area contributed by atoms with Crippen LogP contribution < -0.4 is 10.6 Å². The first-order chi connectivity index (χ1) is 12.2. The van der Waals surface area contributed by atoms with Crippen molar-refractivity contribution in [3.8, 4) is 0 Å². The van der Waals surface area contributed by atoms with Crippen molar-refractivity contribution in [2.75, 3.05) is 40.0 Å². The molecule has 4 atom stereocenters. The molecular weight excluding hydrogens is 324 g/mol. The van der Waals surface area contributed by atoms with Crippen molar-refractivity contribution in [3.05, 3.63) is 17.7 Å². The third-order valence-corrected chi connectivity index (χ3v) is 5.53. The SMILES string of the molecule is COCCNC(=O)c1cnc2n1C(CNC(=O)C1[C@H]3COC[C@@H]13)CC2. The van der Waals surface area contributed by atoms with Gasteiger partial charge in [-0.2, -0.15) is 0 Å². The predicted molar refractivity (Wildman–Crippen MR) is 88.1 cm³/mol. The highest BCUT2D eigenvalue weighted by molar-refractivity contribution is 5.92. The summed E-state index contributed by atoms with van der Waals surface area (Å²) in [5.74, 6) is 1.83. The van der Waals surface area contributed by atoms with Crippen molar-refractivity contribution >= 4 is 11.8 Å². The lowest BCUT2D eigenvalue weighted by atomic mass is 10.2. The maximum Gasteiger partial charge on any atom is 0.269 e. The van der Waals surface area contributed by atoms with Gasteiger partial charge in [0.25, 0.3) is 5.91 Å². The number of hydrogen-bond donors (Lipinski definition) is 2. The van der Waals surface area contributed by atoms with Crippen LogP contribution >= 0.6 is 0 Å². The standard InChI is InChI=1S/C17H24N4O4/c1-24-5-4-18-16(22)13-7-19-14-3-2-10(21(13)14)6-20-17(23)15-11-8-25-9-12(11)15/h7,10-12,15H,2-6,8-9H2,1H3,(H,18,22)(H,20,23)/t10?,11-,12+,15?. The summed E-state index contributed by atoms with van der Waals surface area (Å²) in [7, 11) is 1.60. The summed E-state index contributed by atoms with van der Waals surface area (Å²) in [6.07, 6.45) is 3.34. The molecule has 1 saturated heterocycles. The molecule has 1 aliphatic carbocycles. The Bertz CT molecular complexity index is 664. The lowest BCUT2D eigenvalue weighted by molar-refractivity contribution is -0.123. The lowest BCUT2D eigenvalue weighted by Gasteiger charge is -2.17. The second-order valence-corrected chi connectivity index (χ2v) is 7.01. The van der Waals surface area contributed by atoms with Crippen LogP contribution in [0.4, 0.5) is 0 Å². The molecule has 2 amide bonds. The van der Waals surface area contributed by atoms with E-state index in [4.69, 9.17) is 9.47 Å². The Morgan fingerprint density at radius 1 is 1.36 bits per heavy atom. The summed E-state index contributed by atoms with van der Waals surface area (Å²) in [5, 5.41) is 5.90. The zero-order valence-corrected chi connectivity index (χ0v) is 14.4. The first-order valence-corrected chi connectivity index (χ1v) is 8.89. The van der Waals surface area contributed by atoms with Gasteiger partial charge in [0.15, 0.2) is 0 Å². The predicted octanol–water partition coefficient (Wildman–Crippen LogP) is -0.245. The summed E-state index contributed by atoms with van der Waals surface area (Å²) in [6, 6.07) is 0.0828. The van der Waals surface area contributed by atoms with E-state index in [1.165, 1.54) is 0 Å². The van der Waals surface area contributed by atoms with Crippen molar-refractivity contribution < 1.29 is 19.1 Å². The van der Waals surface area contributed by atoms with Gasteiger partial charge in [0, 0.05) is 32.5 Å². The molecule has 1 saturated carbocycles. The van der Waals surface area contributed by atoms with E-state index < -0.39 is 0 Å². The summed E-state index contributed by atoms with van der Waals surface area (Å²) < 4.78 is 12.3. The lowest BCUT2D eigenvalue weighted by Crippen LogP contribution is -2.34. The molecule has 1 aromatic heterocycles. The molecule has 4 rings (SSSR count). The van der Waals surface area contributed by atoms with Crippen LogP contribution in [0.25, 0.3) is 0 Å². The molecule has 2 aliphatic heterocycles. The van der Waals surface area contributed by atoms with Crippen molar-refractivity contribution in [1.82, 2.24) is 20.2 Å². The van der Waals surface area contributed by atoms with E-state index in [0.29, 0.717) is 50.4 Å². The van der Waals surface area contributed by atoms with Crippen LogP contribution in [0.1, 0.15) is 28.8 Å². The van der Waals surface area contributed by atoms with Crippen LogP contribution in [0.5, 0.6) is 0 Å². The van der Waals surface area contributed by atoms with Crippen molar-refractivity contribution in [3.63, 3.8) is 0 Å². The van der Waals surface area contributed by atoms with Gasteiger partial charge in [0.05, 0.1) is 32.1 Å². The molecule has 0 aromatic carbocycles. The van der Waals surface area contributed by atoms with E-state index in [-0.39, 0.29) is 23.8 Å². The number of hydrogen-bond acceptors (Lipinski definition) is 5. The molecule has 136 valence electrons. The Hall–Kier alpha value is -1.93. The van der Waals surface area contributed by atoms with Crippen molar-refractivity contribution in [1.29, 1.82) is 0 Å². The Balaban J connectivity index is 1.35. The zero-order chi connectivity index (χ0) is 17.4. The Kier molecular flexibility index (Phi) is 4.47. The third kappa shape index (κ3) is 3.04. The number of ether oxygens (including phenoxy) is 2. The molecule has 3 heterocycles. The average Bonchev–Trinajstić information content (AvgIpc) is 3.02. The number of aryl methyl sites for hydroxylation is 1. The number of nitrogens with one attached hydrogen (secondary N) is 2. The minimum absolute atomic E-state index is 0.0828. The Morgan fingerprint density at radius 2 is 2.16 bits per heavy atom. The van der Waals surface area contributed by atoms with Crippen LogP contribution in [-0.2, 0) is 20.7 Å². The van der Waals surface area contributed by atoms with Gasteiger partial charge in [-0.3, -0.25) is 9.59 Å². The fourth-order valence-electron chi connectivity index (χ4n) is 4.10. The van der Waals surface area contributed by atoms with Crippen LogP contribution in [0, 0.1) is 17.8 Å². The molecule has 25 heavy (non-hydrogen) atoms. The van der Waals surface area contributed by atoms with Gasteiger partial charge in [-0.05, 0) is 18.3 Å². The fourth-order valence-corrected chi connectivity index (χ4v) is 4.10. The number of fused-ring (bicyclic) bond motifs is 2. The number of rotatable bonds is 7. The minimum Gasteiger partial charge on any atom is -0.383 e. The van der Waals surface area contributed by atoms with Gasteiger partial charge >= 0.3 is 0 Å². The summed E-state index contributed by atoms with van der Waals surface area (Å²) in [4.78, 5) is 29.0. The van der Waals surface area contributed by atoms with Gasteiger partial charge in [0.2, 0.25) is 5.91 Å². The molecule has 8 nitrogen and oxygen atoms in total. The van der Waals surface area contributed by atoms with Crippen LogP contribution in [0.15, 0.2) is 6.20 Å². The monoisotopic (exact) mass is 348 g/mol. The topological polar surface area (TPSA) is 94.5 Å². The molecule has 3 aliphatic rings. The fraction of sp³-hybridized carbons (Fsp3) is 0.706. The number of nitrogens with zero attached hydrogens (tertiary/aromatic N) is 2. The van der Waals surface area contributed by atoms with Crippen LogP contribution in [0.2, 0.25) is 0 Å². The van der Waals surface area contributed by atoms with E-state index >= 15 is 0 Å². The van der Waals surface area contributed by atoms with Crippen molar-refractivity contribution in [2.24, 2.45) is 17.8 Å². The molecule has 2 unspecified atom stereocenters. The average molecular weight is 348 g/mol. The third-order valence-electron chi connectivity index (χ3n) is 5.53. The van der Waals surface area contributed by atoms with E-state index in [9.17, 15) is 9.59 Å². The van der Waals surface area contributed by atoms with E-state index in [1.807, 2.05) is 4.57 Å². The largest absolute Gasteiger partial charge is 0.383 e. The van der Waals surface area contributed by atoms with Crippen molar-refractivity contribution in [2.45, 2.75) is 18.9 Å². The number of aromatic nitrogens is 2. The number of carbonyl (C=O) groups is 2. The van der Waals surface area contributed by atoms with Crippen LogP contribution in [-0.4, -0.2) is 61.4 Å². The van der Waals surface area contributed by atoms with Gasteiger partial charge < -0.3 is 24.7 Å². The molecule has 2 N–H and O–H groups in total. The highest BCUT2D eigenvalue weighted by Gasteiger charge is 2.57. The van der Waals surface area contributed by atoms with Gasteiger partial charge in [-0.25, -0.2) is 4.98 Å². The number of amides is 2. The van der Waals surface area contributed by atoms with E-state index in [0.717, 1.165) is 18.7 Å².